The van der Waals surface area contributed by atoms with Crippen LogP contribution in [0.15, 0.2) is 24.3 Å². The van der Waals surface area contributed by atoms with Gasteiger partial charge in [0.1, 0.15) is 0 Å². The van der Waals surface area contributed by atoms with Gasteiger partial charge in [0.15, 0.2) is 0 Å². The molecule has 1 heterocycles. The zero-order chi connectivity index (χ0) is 15.9. The van der Waals surface area contributed by atoms with E-state index < -0.39 is 0 Å². The number of hydrogen-bond donors (Lipinski definition) is 1. The lowest BCUT2D eigenvalue weighted by molar-refractivity contribution is 0.0949. The molecule has 1 amide bonds. The molecule has 0 aliphatic heterocycles. The molecule has 0 bridgehead atoms. The summed E-state index contributed by atoms with van der Waals surface area (Å²) in [5.74, 6) is 0.138. The molecule has 2 aromatic rings. The van der Waals surface area contributed by atoms with E-state index in [4.69, 9.17) is 11.6 Å². The monoisotopic (exact) mass is 317 g/mol. The van der Waals surface area contributed by atoms with E-state index in [0.29, 0.717) is 16.6 Å². The number of halogens is 1. The fourth-order valence-corrected chi connectivity index (χ4v) is 2.87. The van der Waals surface area contributed by atoms with Crippen LogP contribution in [-0.2, 0) is 0 Å². The summed E-state index contributed by atoms with van der Waals surface area (Å²) in [7, 11) is 0. The first-order valence-corrected chi connectivity index (χ1v) is 8.02. The second-order valence-corrected chi connectivity index (χ2v) is 6.52. The number of para-hydroxylation sites is 1. The Kier molecular flexibility index (Phi) is 3.96. The van der Waals surface area contributed by atoms with Gasteiger partial charge < -0.3 is 5.32 Å². The number of amides is 1. The van der Waals surface area contributed by atoms with E-state index in [1.807, 2.05) is 35.9 Å². The van der Waals surface area contributed by atoms with Crippen molar-refractivity contribution in [2.45, 2.75) is 45.6 Å². The van der Waals surface area contributed by atoms with Crippen molar-refractivity contribution in [1.82, 2.24) is 15.1 Å². The second kappa shape index (κ2) is 5.76. The molecule has 0 unspecified atom stereocenters. The van der Waals surface area contributed by atoms with E-state index in [2.05, 4.69) is 24.3 Å². The van der Waals surface area contributed by atoms with Gasteiger partial charge in [0.25, 0.3) is 5.91 Å². The van der Waals surface area contributed by atoms with Crippen LogP contribution in [0.5, 0.6) is 0 Å². The van der Waals surface area contributed by atoms with Crippen molar-refractivity contribution < 1.29 is 4.79 Å². The van der Waals surface area contributed by atoms with Crippen molar-refractivity contribution >= 4 is 17.5 Å². The second-order valence-electron chi connectivity index (χ2n) is 6.11. The molecule has 3 rings (SSSR count). The Labute approximate surface area is 135 Å². The summed E-state index contributed by atoms with van der Waals surface area (Å²) >= 11 is 6.31. The molecule has 1 N–H and O–H groups in total. The fraction of sp³-hybridized carbons (Fsp3) is 0.412. The minimum atomic E-state index is -0.0259. The Balaban J connectivity index is 2.11. The lowest BCUT2D eigenvalue weighted by atomic mass is 10.0. The molecule has 1 aromatic carbocycles. The predicted octanol–water partition coefficient (Wildman–Crippen LogP) is 3.85. The molecule has 0 radical (unpaired) electrons. The summed E-state index contributed by atoms with van der Waals surface area (Å²) < 4.78 is 1.81. The van der Waals surface area contributed by atoms with Gasteiger partial charge in [-0.15, -0.1) is 0 Å². The highest BCUT2D eigenvalue weighted by Gasteiger charge is 2.29. The molecule has 1 aromatic heterocycles. The molecule has 5 heteroatoms. The minimum Gasteiger partial charge on any atom is -0.349 e. The Hall–Kier alpha value is -1.81. The van der Waals surface area contributed by atoms with Crippen molar-refractivity contribution in [3.05, 3.63) is 46.2 Å². The Morgan fingerprint density at radius 3 is 2.64 bits per heavy atom. The first kappa shape index (κ1) is 15.1. The maximum absolute atomic E-state index is 12.6. The van der Waals surface area contributed by atoms with Crippen LogP contribution in [0.3, 0.4) is 0 Å². The third-order valence-corrected chi connectivity index (χ3v) is 4.18. The van der Waals surface area contributed by atoms with Crippen LogP contribution in [0.25, 0.3) is 5.69 Å². The standard InChI is InChI=1S/C17H20ClN3O/c1-10(2)16-15(17(22)19-12-8-9-12)11(3)20-21(16)14-7-5-4-6-13(14)18/h4-7,10,12H,8-9H2,1-3H3,(H,19,22). The number of benzene rings is 1. The number of carbonyl (C=O) groups excluding carboxylic acids is 1. The first-order valence-electron chi connectivity index (χ1n) is 7.64. The summed E-state index contributed by atoms with van der Waals surface area (Å²) in [5.41, 5.74) is 3.13. The van der Waals surface area contributed by atoms with Gasteiger partial charge in [-0.25, -0.2) is 4.68 Å². The number of aromatic nitrogens is 2. The van der Waals surface area contributed by atoms with Gasteiger partial charge in [-0.3, -0.25) is 4.79 Å². The predicted molar refractivity (Wildman–Crippen MR) is 87.9 cm³/mol. The molecule has 22 heavy (non-hydrogen) atoms. The van der Waals surface area contributed by atoms with Crippen molar-refractivity contribution in [2.75, 3.05) is 0 Å². The van der Waals surface area contributed by atoms with Crippen LogP contribution in [0, 0.1) is 6.92 Å². The fourth-order valence-electron chi connectivity index (χ4n) is 2.65. The largest absolute Gasteiger partial charge is 0.349 e. The number of nitrogens with one attached hydrogen (secondary N) is 1. The number of aryl methyl sites for hydroxylation is 1. The van der Waals surface area contributed by atoms with E-state index in [-0.39, 0.29) is 11.8 Å². The molecule has 0 saturated heterocycles. The Morgan fingerprint density at radius 2 is 2.05 bits per heavy atom. The van der Waals surface area contributed by atoms with E-state index in [1.54, 1.807) is 0 Å². The smallest absolute Gasteiger partial charge is 0.255 e. The maximum Gasteiger partial charge on any atom is 0.255 e. The molecule has 0 atom stereocenters. The molecule has 1 saturated carbocycles. The molecular weight excluding hydrogens is 298 g/mol. The van der Waals surface area contributed by atoms with Crippen LogP contribution in [0.1, 0.15) is 54.4 Å². The van der Waals surface area contributed by atoms with Gasteiger partial charge in [-0.2, -0.15) is 5.10 Å². The van der Waals surface area contributed by atoms with Crippen molar-refractivity contribution in [2.24, 2.45) is 0 Å². The van der Waals surface area contributed by atoms with Gasteiger partial charge in [-0.05, 0) is 37.8 Å². The van der Waals surface area contributed by atoms with E-state index in [1.165, 1.54) is 0 Å². The number of nitrogens with zero attached hydrogens (tertiary/aromatic N) is 2. The molecule has 4 nitrogen and oxygen atoms in total. The van der Waals surface area contributed by atoms with Crippen molar-refractivity contribution in [1.29, 1.82) is 0 Å². The third kappa shape index (κ3) is 2.75. The number of carbonyl (C=O) groups is 1. The van der Waals surface area contributed by atoms with Crippen molar-refractivity contribution in [3.8, 4) is 5.69 Å². The molecule has 1 fully saturated rings. The number of rotatable bonds is 4. The molecule has 116 valence electrons. The molecular formula is C17H20ClN3O. The van der Waals surface area contributed by atoms with E-state index >= 15 is 0 Å². The number of hydrogen-bond acceptors (Lipinski definition) is 2. The van der Waals surface area contributed by atoms with Gasteiger partial charge in [-0.1, -0.05) is 37.6 Å². The van der Waals surface area contributed by atoms with Crippen LogP contribution in [0.4, 0.5) is 0 Å². The lowest BCUT2D eigenvalue weighted by Crippen LogP contribution is -2.27. The topological polar surface area (TPSA) is 46.9 Å². The van der Waals surface area contributed by atoms with Gasteiger partial charge in [0.2, 0.25) is 0 Å². The maximum atomic E-state index is 12.6. The zero-order valence-corrected chi connectivity index (χ0v) is 13.8. The quantitative estimate of drug-likeness (QED) is 0.931. The normalized spacial score (nSPS) is 14.4. The highest BCUT2D eigenvalue weighted by atomic mass is 35.5. The summed E-state index contributed by atoms with van der Waals surface area (Å²) in [6.45, 7) is 6.01. The summed E-state index contributed by atoms with van der Waals surface area (Å²) in [6, 6.07) is 7.89. The van der Waals surface area contributed by atoms with Crippen LogP contribution in [-0.4, -0.2) is 21.7 Å². The summed E-state index contributed by atoms with van der Waals surface area (Å²) in [4.78, 5) is 12.6. The summed E-state index contributed by atoms with van der Waals surface area (Å²) in [5, 5.41) is 8.27. The van der Waals surface area contributed by atoms with Gasteiger partial charge in [0.05, 0.1) is 27.7 Å². The lowest BCUT2D eigenvalue weighted by Gasteiger charge is -2.13. The van der Waals surface area contributed by atoms with E-state index in [0.717, 1.165) is 29.9 Å². The molecule has 1 aliphatic rings. The van der Waals surface area contributed by atoms with E-state index in [9.17, 15) is 4.79 Å². The average Bonchev–Trinajstić information content (AvgIpc) is 3.19. The molecule has 1 aliphatic carbocycles. The van der Waals surface area contributed by atoms with Gasteiger partial charge in [0, 0.05) is 6.04 Å². The molecule has 0 spiro atoms. The average molecular weight is 318 g/mol. The highest BCUT2D eigenvalue weighted by molar-refractivity contribution is 6.32. The van der Waals surface area contributed by atoms with Crippen LogP contribution >= 0.6 is 11.6 Å². The SMILES string of the molecule is Cc1nn(-c2ccccc2Cl)c(C(C)C)c1C(=O)NC1CC1. The van der Waals surface area contributed by atoms with Crippen LogP contribution in [0.2, 0.25) is 5.02 Å². The Morgan fingerprint density at radius 1 is 1.36 bits per heavy atom. The van der Waals surface area contributed by atoms with Crippen LogP contribution < -0.4 is 5.32 Å². The third-order valence-electron chi connectivity index (χ3n) is 3.86. The van der Waals surface area contributed by atoms with Gasteiger partial charge >= 0.3 is 0 Å². The zero-order valence-electron chi connectivity index (χ0n) is 13.1. The highest BCUT2D eigenvalue weighted by Crippen LogP contribution is 2.29. The summed E-state index contributed by atoms with van der Waals surface area (Å²) in [6.07, 6.45) is 2.14. The minimum absolute atomic E-state index is 0.0259. The van der Waals surface area contributed by atoms with Crippen molar-refractivity contribution in [3.63, 3.8) is 0 Å². The first-order chi connectivity index (χ1) is 10.5. The Bertz CT molecular complexity index is 717.